The Labute approximate surface area is 601 Å². The second kappa shape index (κ2) is 36.1. The SMILES string of the molecule is CC(C)(C)/C=C/C1CC1.CC(C)(C)C12CC3CC(CC(C3)C1)C2.CC(C)(C)C1=CCC(C(C)(C)C)CC1.CC(C)(C)C1=CCCCC1(C)C.CC(C)(C)CCC1CCCCC1.CC(C)(C)OC1CCCCCC1.CC(C)(C)[C@@H]1CCCC1(C)C.CC(C)(C)[C@H]1CCCC1(C)C. The average molecular weight is 1320 g/mol. The number of allylic oxidation sites excluding steroid dienone is 6. The molecule has 11 aliphatic carbocycles. The molecule has 560 valence electrons. The van der Waals surface area contributed by atoms with Crippen LogP contribution in [0, 0.1) is 112 Å². The van der Waals surface area contributed by atoms with Gasteiger partial charge in [-0.1, -0.05) is 314 Å². The fourth-order valence-corrected chi connectivity index (χ4v) is 20.4. The second-order valence-corrected chi connectivity index (χ2v) is 46.0. The third kappa shape index (κ3) is 33.5. The van der Waals surface area contributed by atoms with Gasteiger partial charge in [0.1, 0.15) is 0 Å². The molecule has 1 heteroatoms. The minimum absolute atomic E-state index is 0.0506. The molecule has 95 heavy (non-hydrogen) atoms. The topological polar surface area (TPSA) is 9.23 Å². The molecule has 0 amide bonds. The summed E-state index contributed by atoms with van der Waals surface area (Å²) in [5.74, 6) is 8.07. The van der Waals surface area contributed by atoms with Crippen LogP contribution in [0.25, 0.3) is 0 Å². The molecule has 0 radical (unpaired) electrons. The maximum atomic E-state index is 5.96. The largest absolute Gasteiger partial charge is 0.373 e. The lowest BCUT2D eigenvalue weighted by Gasteiger charge is -2.62. The van der Waals surface area contributed by atoms with Gasteiger partial charge in [0.05, 0.1) is 11.7 Å². The van der Waals surface area contributed by atoms with E-state index in [4.69, 9.17) is 4.74 Å². The molecule has 1 nitrogen and oxygen atoms in total. The van der Waals surface area contributed by atoms with Crippen molar-refractivity contribution in [3.63, 3.8) is 0 Å². The Balaban J connectivity index is 0.000000284. The monoisotopic (exact) mass is 1320 g/mol. The molecule has 0 saturated heterocycles. The third-order valence-electron chi connectivity index (χ3n) is 25.6. The number of rotatable bonds is 4. The molecule has 0 aromatic rings. The van der Waals surface area contributed by atoms with Crippen LogP contribution in [-0.4, -0.2) is 11.7 Å². The summed E-state index contributed by atoms with van der Waals surface area (Å²) in [6.07, 6.45) is 57.5. The lowest BCUT2D eigenvalue weighted by molar-refractivity contribution is -0.113. The van der Waals surface area contributed by atoms with Gasteiger partial charge in [-0.05, 0) is 274 Å². The standard InChI is InChI=1S/C14H24.C14H26.C12H22.C12H24.C11H22O.2C11H22.C9H16/c1-13(2,3)14-7-10-4-11(8-14)6-12(5-10)9-14;1-13(2,3)11-7-9-12(10-8-11)14(4,5)6;1-11(2,3)10-8-6-7-9-12(10,4)5;1-12(2,3)10-9-11-7-5-4-6-8-11;1-11(2,3)12-10-8-6-4-5-7-9-10;2*1-10(2,3)9-7-6-8-11(9,4)5;1-9(2,3)7-6-8-4-5-8/h10-12H,4-9H2,1-3H3;7,12H,8-10H2,1-6H3;8H,6-7,9H2,1-5H3;11H,4-10H2,1-3H3;10H,4-9H2,1-3H3;2*9H,6-8H2,1-5H3;6-8H,4-5H2,1-3H3/b;;;;;;;7-6+/t;;;;;2*9-;/m.....10./s1. The summed E-state index contributed by atoms with van der Waals surface area (Å²) in [5, 5.41) is 0. The Hall–Kier alpha value is -0.820. The maximum absolute atomic E-state index is 5.96. The van der Waals surface area contributed by atoms with Crippen molar-refractivity contribution in [1.82, 2.24) is 0 Å². The molecule has 1 unspecified atom stereocenters. The smallest absolute Gasteiger partial charge is 0.0602 e. The molecular formula is C94H178O. The van der Waals surface area contributed by atoms with Crippen LogP contribution in [0.1, 0.15) is 440 Å². The van der Waals surface area contributed by atoms with Gasteiger partial charge in [-0.2, -0.15) is 0 Å². The Morgan fingerprint density at radius 3 is 1.19 bits per heavy atom. The zero-order chi connectivity index (χ0) is 72.7. The highest BCUT2D eigenvalue weighted by molar-refractivity contribution is 5.21. The van der Waals surface area contributed by atoms with Crippen molar-refractivity contribution < 1.29 is 4.74 Å². The van der Waals surface area contributed by atoms with Crippen LogP contribution in [0.15, 0.2) is 35.5 Å². The Morgan fingerprint density at radius 2 is 0.895 bits per heavy atom. The first-order valence-electron chi connectivity index (χ1n) is 41.7. The third-order valence-corrected chi connectivity index (χ3v) is 25.6. The number of ether oxygens (including phenoxy) is 1. The normalized spacial score (nSPS) is 28.8. The van der Waals surface area contributed by atoms with Crippen LogP contribution < -0.4 is 0 Å². The van der Waals surface area contributed by atoms with Crippen molar-refractivity contribution in [2.45, 2.75) is 452 Å². The van der Waals surface area contributed by atoms with Crippen molar-refractivity contribution in [1.29, 1.82) is 0 Å². The van der Waals surface area contributed by atoms with E-state index in [2.05, 4.69) is 253 Å². The first kappa shape index (κ1) is 88.4. The van der Waals surface area contributed by atoms with E-state index < -0.39 is 0 Å². The molecule has 9 saturated carbocycles. The highest BCUT2D eigenvalue weighted by Crippen LogP contribution is 2.66. The zero-order valence-corrected chi connectivity index (χ0v) is 71.7. The van der Waals surface area contributed by atoms with E-state index in [1.807, 2.05) is 0 Å². The molecule has 3 atom stereocenters. The molecule has 4 bridgehead atoms. The van der Waals surface area contributed by atoms with Gasteiger partial charge in [-0.3, -0.25) is 0 Å². The summed E-state index contributed by atoms with van der Waals surface area (Å²) in [6.45, 7) is 77.5. The van der Waals surface area contributed by atoms with Crippen LogP contribution in [0.4, 0.5) is 0 Å². The van der Waals surface area contributed by atoms with E-state index in [0.717, 1.165) is 52.8 Å². The summed E-state index contributed by atoms with van der Waals surface area (Å²) in [4.78, 5) is 0. The average Bonchev–Trinajstić information content (AvgIpc) is 1.52. The summed E-state index contributed by atoms with van der Waals surface area (Å²) < 4.78 is 5.96. The van der Waals surface area contributed by atoms with Crippen molar-refractivity contribution in [3.8, 4) is 0 Å². The fraction of sp³-hybridized carbons (Fsp3) is 0.936. The summed E-state index contributed by atoms with van der Waals surface area (Å²) >= 11 is 0. The van der Waals surface area contributed by atoms with Crippen molar-refractivity contribution in [3.05, 3.63) is 35.5 Å². The lowest BCUT2D eigenvalue weighted by atomic mass is 9.43. The Morgan fingerprint density at radius 1 is 0.453 bits per heavy atom. The van der Waals surface area contributed by atoms with Gasteiger partial charge in [0.2, 0.25) is 0 Å². The molecule has 0 aromatic carbocycles. The van der Waals surface area contributed by atoms with Gasteiger partial charge in [-0.15, -0.1) is 0 Å². The molecule has 11 rings (SSSR count). The van der Waals surface area contributed by atoms with Gasteiger partial charge in [0.25, 0.3) is 0 Å². The van der Waals surface area contributed by atoms with E-state index in [0.29, 0.717) is 65.7 Å². The van der Waals surface area contributed by atoms with Crippen LogP contribution in [0.2, 0.25) is 0 Å². The van der Waals surface area contributed by atoms with E-state index in [9.17, 15) is 0 Å². The molecule has 0 aromatic heterocycles. The minimum atomic E-state index is 0.0506. The molecular weight excluding hydrogens is 1150 g/mol. The Bertz CT molecular complexity index is 2140. The minimum Gasteiger partial charge on any atom is -0.373 e. The molecule has 9 fully saturated rings. The highest BCUT2D eigenvalue weighted by Gasteiger charge is 2.55. The van der Waals surface area contributed by atoms with Gasteiger partial charge in [-0.25, -0.2) is 0 Å². The molecule has 0 aliphatic heterocycles. The molecule has 0 spiro atoms. The van der Waals surface area contributed by atoms with Gasteiger partial charge in [0, 0.05) is 0 Å². The number of hydrogen-bond acceptors (Lipinski definition) is 1. The van der Waals surface area contributed by atoms with Gasteiger partial charge < -0.3 is 4.74 Å². The van der Waals surface area contributed by atoms with Crippen LogP contribution in [0.3, 0.4) is 0 Å². The summed E-state index contributed by atoms with van der Waals surface area (Å²) in [6, 6.07) is 0. The predicted octanol–water partition coefficient (Wildman–Crippen LogP) is 31.9. The first-order valence-corrected chi connectivity index (χ1v) is 41.7. The van der Waals surface area contributed by atoms with Crippen LogP contribution in [-0.2, 0) is 4.74 Å². The number of hydrogen-bond donors (Lipinski definition) is 0. The van der Waals surface area contributed by atoms with E-state index in [1.54, 1.807) is 49.7 Å². The fourth-order valence-electron chi connectivity index (χ4n) is 20.4. The van der Waals surface area contributed by atoms with Gasteiger partial charge in [0.15, 0.2) is 0 Å². The maximum Gasteiger partial charge on any atom is 0.0602 e. The van der Waals surface area contributed by atoms with E-state index >= 15 is 0 Å². The molecule has 11 aliphatic rings. The zero-order valence-electron chi connectivity index (χ0n) is 71.7. The molecule has 0 heterocycles. The first-order chi connectivity index (χ1) is 42.9. The predicted molar refractivity (Wildman–Crippen MR) is 430 cm³/mol. The van der Waals surface area contributed by atoms with Crippen molar-refractivity contribution in [2.24, 2.45) is 112 Å². The lowest BCUT2D eigenvalue weighted by Crippen LogP contribution is -2.51. The Kier molecular flexibility index (Phi) is 33.6. The summed E-state index contributed by atoms with van der Waals surface area (Å²) in [5.41, 5.74) is 9.51. The summed E-state index contributed by atoms with van der Waals surface area (Å²) in [7, 11) is 0. The quantitative estimate of drug-likeness (QED) is 0.201. The van der Waals surface area contributed by atoms with Crippen LogP contribution in [0.5, 0.6) is 0 Å². The van der Waals surface area contributed by atoms with Crippen molar-refractivity contribution in [2.75, 3.05) is 0 Å². The van der Waals surface area contributed by atoms with Crippen LogP contribution >= 0.6 is 0 Å². The van der Waals surface area contributed by atoms with Gasteiger partial charge >= 0.3 is 0 Å². The highest BCUT2D eigenvalue weighted by atomic mass is 16.5. The van der Waals surface area contributed by atoms with E-state index in [-0.39, 0.29) is 5.60 Å². The van der Waals surface area contributed by atoms with E-state index in [1.165, 1.54) is 173 Å². The molecule has 0 N–H and O–H groups in total. The van der Waals surface area contributed by atoms with Crippen molar-refractivity contribution >= 4 is 0 Å². The second-order valence-electron chi connectivity index (χ2n) is 46.0.